The van der Waals surface area contributed by atoms with Crippen molar-refractivity contribution in [3.05, 3.63) is 197 Å². The van der Waals surface area contributed by atoms with Crippen molar-refractivity contribution in [2.45, 2.75) is 124 Å². The van der Waals surface area contributed by atoms with Gasteiger partial charge in [-0.1, -0.05) is 170 Å². The van der Waals surface area contributed by atoms with E-state index >= 15 is 0 Å². The third-order valence-electron chi connectivity index (χ3n) is 16.7. The van der Waals surface area contributed by atoms with Crippen molar-refractivity contribution in [1.82, 2.24) is 0 Å². The molecule has 349 valence electrons. The summed E-state index contributed by atoms with van der Waals surface area (Å²) in [6, 6.07) is 60.0. The predicted octanol–water partition coefficient (Wildman–Crippen LogP) is 17.2. The Kier molecular flexibility index (Phi) is 11.0. The van der Waals surface area contributed by atoms with Gasteiger partial charge in [-0.05, 0) is 200 Å². The molecule has 0 aromatic heterocycles. The lowest BCUT2D eigenvalue weighted by molar-refractivity contribution is 0.332. The molecule has 70 heavy (non-hydrogen) atoms. The molecule has 3 heteroatoms. The molecule has 1 radical (unpaired) electrons. The van der Waals surface area contributed by atoms with Crippen molar-refractivity contribution in [1.29, 1.82) is 0 Å². The van der Waals surface area contributed by atoms with E-state index in [2.05, 4.69) is 251 Å². The molecule has 8 aromatic rings. The Labute approximate surface area is 419 Å². The Balaban J connectivity index is 1.19. The molecule has 0 saturated heterocycles. The smallest absolute Gasteiger partial charge is 0.197 e. The molecule has 0 spiro atoms. The van der Waals surface area contributed by atoms with Gasteiger partial charge in [-0.15, -0.1) is 0 Å². The first-order valence-corrected chi connectivity index (χ1v) is 25.7. The number of nitrogens with zero attached hydrogens (tertiary/aromatic N) is 1. The molecule has 1 heterocycles. The molecular formula is C67H68BN2. The van der Waals surface area contributed by atoms with Gasteiger partial charge >= 0.3 is 0 Å². The van der Waals surface area contributed by atoms with Gasteiger partial charge in [-0.2, -0.15) is 0 Å². The van der Waals surface area contributed by atoms with Crippen LogP contribution in [0.5, 0.6) is 0 Å². The number of hydrogen-bond donors (Lipinski definition) is 1. The van der Waals surface area contributed by atoms with Gasteiger partial charge < -0.3 is 10.2 Å². The molecule has 11 rings (SSSR count). The van der Waals surface area contributed by atoms with E-state index in [0.29, 0.717) is 0 Å². The minimum atomic E-state index is 0.0478. The van der Waals surface area contributed by atoms with Gasteiger partial charge in [0, 0.05) is 34.0 Å². The number of rotatable bonds is 7. The summed E-state index contributed by atoms with van der Waals surface area (Å²) in [5, 5.41) is 4.08. The van der Waals surface area contributed by atoms with Crippen molar-refractivity contribution in [3.63, 3.8) is 0 Å². The second-order valence-electron chi connectivity index (χ2n) is 23.6. The average molecular weight is 912 g/mol. The second kappa shape index (κ2) is 16.8. The van der Waals surface area contributed by atoms with Crippen LogP contribution in [0.4, 0.5) is 28.4 Å². The molecule has 8 aromatic carbocycles. The second-order valence-corrected chi connectivity index (χ2v) is 23.6. The van der Waals surface area contributed by atoms with Crippen molar-refractivity contribution in [2.75, 3.05) is 10.2 Å². The van der Waals surface area contributed by atoms with Gasteiger partial charge in [-0.25, -0.2) is 0 Å². The molecule has 0 bridgehead atoms. The quantitative estimate of drug-likeness (QED) is 0.160. The fourth-order valence-electron chi connectivity index (χ4n) is 12.4. The lowest BCUT2D eigenvalue weighted by Gasteiger charge is -2.44. The van der Waals surface area contributed by atoms with Crippen molar-refractivity contribution in [2.24, 2.45) is 0 Å². The number of benzene rings is 8. The molecule has 0 unspecified atom stereocenters. The van der Waals surface area contributed by atoms with Crippen LogP contribution in [-0.4, -0.2) is 7.28 Å². The minimum absolute atomic E-state index is 0.0478. The maximum absolute atomic E-state index is 4.08. The zero-order valence-corrected chi connectivity index (χ0v) is 43.4. The Morgan fingerprint density at radius 2 is 0.943 bits per heavy atom. The normalized spacial score (nSPS) is 16.8. The lowest BCUT2D eigenvalue weighted by Crippen LogP contribution is -2.43. The molecule has 0 fully saturated rings. The van der Waals surface area contributed by atoms with E-state index in [9.17, 15) is 0 Å². The Morgan fingerprint density at radius 1 is 0.429 bits per heavy atom. The van der Waals surface area contributed by atoms with Crippen LogP contribution in [0.2, 0.25) is 0 Å². The van der Waals surface area contributed by atoms with Crippen LogP contribution in [0.1, 0.15) is 120 Å². The van der Waals surface area contributed by atoms with Gasteiger partial charge in [0.15, 0.2) is 7.28 Å². The van der Waals surface area contributed by atoms with E-state index in [1.165, 1.54) is 119 Å². The van der Waals surface area contributed by atoms with Crippen LogP contribution >= 0.6 is 0 Å². The minimum Gasteiger partial charge on any atom is -0.355 e. The first kappa shape index (κ1) is 45.8. The summed E-state index contributed by atoms with van der Waals surface area (Å²) in [5.74, 6) is 0. The Morgan fingerprint density at radius 3 is 1.56 bits per heavy atom. The Hall–Kier alpha value is -6.58. The van der Waals surface area contributed by atoms with Gasteiger partial charge in [0.25, 0.3) is 0 Å². The van der Waals surface area contributed by atoms with Crippen LogP contribution < -0.4 is 21.1 Å². The van der Waals surface area contributed by atoms with Gasteiger partial charge in [0.1, 0.15) is 0 Å². The van der Waals surface area contributed by atoms with Crippen molar-refractivity contribution in [3.8, 4) is 44.5 Å². The van der Waals surface area contributed by atoms with Gasteiger partial charge in [-0.3, -0.25) is 0 Å². The molecule has 0 amide bonds. The molecule has 2 aliphatic carbocycles. The van der Waals surface area contributed by atoms with Gasteiger partial charge in [0.05, 0.1) is 0 Å². The van der Waals surface area contributed by atoms with Crippen molar-refractivity contribution >= 4 is 46.6 Å². The van der Waals surface area contributed by atoms with E-state index in [-0.39, 0.29) is 21.7 Å². The van der Waals surface area contributed by atoms with Gasteiger partial charge in [0.2, 0.25) is 0 Å². The highest BCUT2D eigenvalue weighted by Crippen LogP contribution is 2.51. The highest BCUT2D eigenvalue weighted by molar-refractivity contribution is 6.73. The highest BCUT2D eigenvalue weighted by atomic mass is 15.1. The van der Waals surface area contributed by atoms with Crippen LogP contribution in [-0.2, 0) is 21.7 Å². The fourth-order valence-corrected chi connectivity index (χ4v) is 12.4. The van der Waals surface area contributed by atoms with Crippen LogP contribution in [0.25, 0.3) is 44.5 Å². The third kappa shape index (κ3) is 8.00. The summed E-state index contributed by atoms with van der Waals surface area (Å²) in [6.07, 6.45) is 4.68. The molecule has 1 aliphatic heterocycles. The van der Waals surface area contributed by atoms with E-state index < -0.39 is 0 Å². The average Bonchev–Trinajstić information content (AvgIpc) is 3.34. The molecule has 1 N–H and O–H groups in total. The largest absolute Gasteiger partial charge is 0.355 e. The number of aryl methyl sites for hydroxylation is 3. The maximum Gasteiger partial charge on any atom is 0.197 e. The summed E-state index contributed by atoms with van der Waals surface area (Å²) in [5.41, 5.74) is 28.1. The SMILES string of the molecule is Cc1cc(C)c(-c2cc(-c3cc(-c4ccccc4)ccc3Nc3ccc4c(c3)C(C)(C)CCC4(C)C)c3c(c2)N(c2ccc(-c4ccccc4)cc2)c2cc4c(cc2[B]3)C(C)(C)CCC4(C)C)c(C)c1. The fraction of sp³-hybridized carbons (Fsp3) is 0.284. The molecule has 0 saturated carbocycles. The summed E-state index contributed by atoms with van der Waals surface area (Å²) >= 11 is 0. The lowest BCUT2D eigenvalue weighted by atomic mass is 9.55. The summed E-state index contributed by atoms with van der Waals surface area (Å²) < 4.78 is 0. The molecule has 0 atom stereocenters. The van der Waals surface area contributed by atoms with E-state index in [0.717, 1.165) is 29.9 Å². The zero-order valence-electron chi connectivity index (χ0n) is 43.4. The first-order chi connectivity index (χ1) is 33.4. The number of anilines is 5. The van der Waals surface area contributed by atoms with Crippen LogP contribution in [0.15, 0.2) is 158 Å². The number of hydrogen-bond acceptors (Lipinski definition) is 2. The predicted molar refractivity (Wildman–Crippen MR) is 302 cm³/mol. The molecule has 3 aliphatic rings. The monoisotopic (exact) mass is 912 g/mol. The van der Waals surface area contributed by atoms with E-state index in [1.807, 2.05) is 0 Å². The standard InChI is InChI=1S/C67H68BN2/c1-42-34-43(2)62(44(3)35-42)49-37-53(52-36-48(46-20-16-13-17-21-46)24-29-59(52)69-50-25-28-54-55(39-50)65(6,7)31-30-64(54,4)5)63-61(38-49)70(51-26-22-47(23-27-51)45-18-14-12-15-19-45)60-41-57-56(40-58(60)68-63)66(8,9)32-33-67(57,10)11/h12-29,34-41,69H,30-33H2,1-11H3. The third-order valence-corrected chi connectivity index (χ3v) is 16.7. The zero-order chi connectivity index (χ0) is 48.9. The molecular weight excluding hydrogens is 844 g/mol. The van der Waals surface area contributed by atoms with E-state index in [1.54, 1.807) is 0 Å². The van der Waals surface area contributed by atoms with E-state index in [4.69, 9.17) is 0 Å². The number of fused-ring (bicyclic) bond motifs is 4. The maximum atomic E-state index is 4.08. The van der Waals surface area contributed by atoms with Crippen LogP contribution in [0.3, 0.4) is 0 Å². The summed E-state index contributed by atoms with van der Waals surface area (Å²) in [6.45, 7) is 26.3. The Bertz CT molecular complexity index is 3310. The highest BCUT2D eigenvalue weighted by Gasteiger charge is 2.41. The van der Waals surface area contributed by atoms with Crippen molar-refractivity contribution < 1.29 is 0 Å². The topological polar surface area (TPSA) is 15.3 Å². The molecule has 2 nitrogen and oxygen atoms in total. The first-order valence-electron chi connectivity index (χ1n) is 25.7. The number of nitrogens with one attached hydrogen (secondary N) is 1. The van der Waals surface area contributed by atoms with Crippen LogP contribution in [0, 0.1) is 20.8 Å². The summed E-state index contributed by atoms with van der Waals surface area (Å²) in [4.78, 5) is 2.59. The summed E-state index contributed by atoms with van der Waals surface area (Å²) in [7, 11) is 2.52.